The molecule has 2 rings (SSSR count). The Morgan fingerprint density at radius 1 is 1.32 bits per heavy atom. The lowest BCUT2D eigenvalue weighted by Crippen LogP contribution is -2.25. The number of carboxylic acid groups (broad SMARTS) is 1. The van der Waals surface area contributed by atoms with Gasteiger partial charge in [0.05, 0.1) is 23.1 Å². The van der Waals surface area contributed by atoms with Gasteiger partial charge in [-0.2, -0.15) is 5.10 Å². The second kappa shape index (κ2) is 7.74. The number of aromatic nitrogens is 2. The smallest absolute Gasteiger partial charge is 0.313 e. The van der Waals surface area contributed by atoms with Crippen LogP contribution in [0.5, 0.6) is 0 Å². The van der Waals surface area contributed by atoms with Crippen LogP contribution >= 0.6 is 11.8 Å². The zero-order valence-electron chi connectivity index (χ0n) is 14.9. The minimum Gasteiger partial charge on any atom is -0.481 e. The maximum atomic E-state index is 12.5. The number of carbonyl (C=O) groups is 2. The monoisotopic (exact) mass is 361 g/mol. The van der Waals surface area contributed by atoms with Crippen molar-refractivity contribution >= 4 is 29.3 Å². The first-order valence-electron chi connectivity index (χ1n) is 7.93. The number of benzene rings is 1. The third-order valence-corrected chi connectivity index (χ3v) is 4.56. The highest BCUT2D eigenvalue weighted by atomic mass is 32.2. The van der Waals surface area contributed by atoms with E-state index in [0.717, 1.165) is 11.3 Å². The van der Waals surface area contributed by atoms with Gasteiger partial charge in [-0.15, -0.1) is 11.8 Å². The summed E-state index contributed by atoms with van der Waals surface area (Å²) in [6, 6.07) is 7.42. The predicted octanol–water partition coefficient (Wildman–Crippen LogP) is 3.52. The molecule has 0 atom stereocenters. The second-order valence-corrected chi connectivity index (χ2v) is 7.75. The summed E-state index contributed by atoms with van der Waals surface area (Å²) >= 11 is 1.32. The first-order chi connectivity index (χ1) is 11.7. The van der Waals surface area contributed by atoms with Crippen LogP contribution in [0.3, 0.4) is 0 Å². The lowest BCUT2D eigenvalue weighted by atomic mass is 10.1. The summed E-state index contributed by atoms with van der Waals surface area (Å²) in [6.07, 6.45) is 1.59. The van der Waals surface area contributed by atoms with E-state index in [-0.39, 0.29) is 17.2 Å². The van der Waals surface area contributed by atoms with Gasteiger partial charge in [-0.05, 0) is 45.4 Å². The van der Waals surface area contributed by atoms with E-state index in [2.05, 4.69) is 10.4 Å². The van der Waals surface area contributed by atoms with Gasteiger partial charge in [-0.3, -0.25) is 14.3 Å². The van der Waals surface area contributed by atoms with Crippen LogP contribution < -0.4 is 5.32 Å². The number of rotatable bonds is 6. The van der Waals surface area contributed by atoms with Crippen LogP contribution in [-0.2, 0) is 16.1 Å². The van der Waals surface area contributed by atoms with Crippen molar-refractivity contribution in [3.63, 3.8) is 0 Å². The molecule has 0 aliphatic rings. The van der Waals surface area contributed by atoms with Gasteiger partial charge in [0.2, 0.25) is 0 Å². The molecule has 0 fully saturated rings. The van der Waals surface area contributed by atoms with Gasteiger partial charge in [0.25, 0.3) is 5.91 Å². The van der Waals surface area contributed by atoms with Crippen molar-refractivity contribution in [3.8, 4) is 0 Å². The van der Waals surface area contributed by atoms with Crippen molar-refractivity contribution in [1.82, 2.24) is 9.78 Å². The molecule has 0 aliphatic carbocycles. The number of thioether (sulfide) groups is 1. The highest BCUT2D eigenvalue weighted by Crippen LogP contribution is 2.20. The number of anilines is 1. The molecule has 1 heterocycles. The van der Waals surface area contributed by atoms with Crippen molar-refractivity contribution in [1.29, 1.82) is 0 Å². The first-order valence-corrected chi connectivity index (χ1v) is 9.09. The molecule has 0 saturated carbocycles. The van der Waals surface area contributed by atoms with Crippen molar-refractivity contribution in [3.05, 3.63) is 47.3 Å². The number of nitrogens with zero attached hydrogens (tertiary/aromatic N) is 2. The summed E-state index contributed by atoms with van der Waals surface area (Å²) < 4.78 is 1.83. The van der Waals surface area contributed by atoms with Crippen molar-refractivity contribution in [2.45, 2.75) is 39.0 Å². The Bertz CT molecular complexity index is 778. The lowest BCUT2D eigenvalue weighted by molar-refractivity contribution is -0.133. The normalized spacial score (nSPS) is 11.4. The second-order valence-electron chi connectivity index (χ2n) is 6.77. The van der Waals surface area contributed by atoms with E-state index in [1.807, 2.05) is 56.6 Å². The minimum atomic E-state index is -0.833. The molecule has 7 heteroatoms. The van der Waals surface area contributed by atoms with Crippen LogP contribution in [0.15, 0.2) is 30.5 Å². The Kier molecular flexibility index (Phi) is 5.89. The molecule has 0 saturated heterocycles. The average Bonchev–Trinajstić information content (AvgIpc) is 2.89. The molecule has 0 aliphatic heterocycles. The van der Waals surface area contributed by atoms with Crippen molar-refractivity contribution < 1.29 is 14.7 Å². The summed E-state index contributed by atoms with van der Waals surface area (Å²) in [7, 11) is 0. The summed E-state index contributed by atoms with van der Waals surface area (Å²) in [5.74, 6) is -0.400. The van der Waals surface area contributed by atoms with Crippen LogP contribution in [-0.4, -0.2) is 32.5 Å². The highest BCUT2D eigenvalue weighted by molar-refractivity contribution is 7.99. The fourth-order valence-electron chi connectivity index (χ4n) is 2.50. The maximum Gasteiger partial charge on any atom is 0.313 e. The van der Waals surface area contributed by atoms with E-state index < -0.39 is 5.97 Å². The summed E-state index contributed by atoms with van der Waals surface area (Å²) in [6.45, 7) is 7.99. The Balaban J connectivity index is 2.08. The van der Waals surface area contributed by atoms with Gasteiger partial charge < -0.3 is 10.4 Å². The molecule has 2 aromatic rings. The van der Waals surface area contributed by atoms with Gasteiger partial charge in [-0.25, -0.2) is 0 Å². The van der Waals surface area contributed by atoms with Crippen molar-refractivity contribution in [2.24, 2.45) is 0 Å². The third-order valence-electron chi connectivity index (χ3n) is 3.57. The van der Waals surface area contributed by atoms with E-state index in [4.69, 9.17) is 5.11 Å². The Morgan fingerprint density at radius 2 is 2.04 bits per heavy atom. The van der Waals surface area contributed by atoms with Gasteiger partial charge in [0, 0.05) is 17.1 Å². The van der Waals surface area contributed by atoms with Gasteiger partial charge >= 0.3 is 5.97 Å². The number of aliphatic carboxylic acids is 1. The quantitative estimate of drug-likeness (QED) is 0.822. The molecule has 0 unspecified atom stereocenters. The van der Waals surface area contributed by atoms with Gasteiger partial charge in [0.1, 0.15) is 0 Å². The van der Waals surface area contributed by atoms with Gasteiger partial charge in [-0.1, -0.05) is 12.1 Å². The van der Waals surface area contributed by atoms with E-state index in [1.54, 1.807) is 6.20 Å². The van der Waals surface area contributed by atoms with Gasteiger partial charge in [0.15, 0.2) is 0 Å². The fraction of sp³-hybridized carbons (Fsp3) is 0.389. The zero-order chi connectivity index (χ0) is 18.6. The number of hydrogen-bond acceptors (Lipinski definition) is 4. The highest BCUT2D eigenvalue weighted by Gasteiger charge is 2.21. The van der Waals surface area contributed by atoms with E-state index in [1.165, 1.54) is 11.8 Å². The molecule has 0 bridgehead atoms. The first kappa shape index (κ1) is 19.1. The Hall–Kier alpha value is -2.28. The molecule has 1 aromatic carbocycles. The third kappa shape index (κ3) is 5.09. The SMILES string of the molecule is Cc1c(C(=O)Nc2cccc(CSCC(=O)O)c2)cnn1C(C)(C)C. The van der Waals surface area contributed by atoms with Crippen LogP contribution in [0.1, 0.15) is 42.4 Å². The molecule has 25 heavy (non-hydrogen) atoms. The van der Waals surface area contributed by atoms with E-state index >= 15 is 0 Å². The van der Waals surface area contributed by atoms with Crippen LogP contribution in [0.2, 0.25) is 0 Å². The summed E-state index contributed by atoms with van der Waals surface area (Å²) in [5.41, 5.74) is 2.82. The Morgan fingerprint density at radius 3 is 2.64 bits per heavy atom. The Labute approximate surface area is 151 Å². The van der Waals surface area contributed by atoms with Crippen LogP contribution in [0, 0.1) is 6.92 Å². The molecule has 1 aromatic heterocycles. The number of nitrogens with one attached hydrogen (secondary N) is 1. The molecule has 0 spiro atoms. The minimum absolute atomic E-state index is 0.0573. The number of carbonyl (C=O) groups excluding carboxylic acids is 1. The zero-order valence-corrected chi connectivity index (χ0v) is 15.7. The average molecular weight is 361 g/mol. The fourth-order valence-corrected chi connectivity index (χ4v) is 3.19. The molecular weight excluding hydrogens is 338 g/mol. The number of hydrogen-bond donors (Lipinski definition) is 2. The lowest BCUT2D eigenvalue weighted by Gasteiger charge is -2.21. The summed E-state index contributed by atoms with van der Waals surface area (Å²) in [4.78, 5) is 23.1. The molecule has 6 nitrogen and oxygen atoms in total. The summed E-state index contributed by atoms with van der Waals surface area (Å²) in [5, 5.41) is 15.9. The molecule has 2 N–H and O–H groups in total. The van der Waals surface area contributed by atoms with Crippen LogP contribution in [0.25, 0.3) is 0 Å². The maximum absolute atomic E-state index is 12.5. The molecule has 134 valence electrons. The van der Waals surface area contributed by atoms with Crippen molar-refractivity contribution in [2.75, 3.05) is 11.1 Å². The standard InChI is InChI=1S/C18H23N3O3S/c1-12-15(9-19-21(12)18(2,3)4)17(24)20-14-7-5-6-13(8-14)10-25-11-16(22)23/h5-9H,10-11H2,1-4H3,(H,20,24)(H,22,23). The number of carboxylic acids is 1. The largest absolute Gasteiger partial charge is 0.481 e. The number of amides is 1. The van der Waals surface area contributed by atoms with E-state index in [0.29, 0.717) is 17.0 Å². The van der Waals surface area contributed by atoms with Crippen LogP contribution in [0.4, 0.5) is 5.69 Å². The van der Waals surface area contributed by atoms with E-state index in [9.17, 15) is 9.59 Å². The predicted molar refractivity (Wildman–Crippen MR) is 100 cm³/mol. The molecular formula is C18H23N3O3S. The molecule has 1 amide bonds. The molecule has 0 radical (unpaired) electrons. The topological polar surface area (TPSA) is 84.2 Å².